The molecule has 2 aliphatic heterocycles. The van der Waals surface area contributed by atoms with Crippen LogP contribution in [0.15, 0.2) is 0 Å². The van der Waals surface area contributed by atoms with Crippen molar-refractivity contribution in [2.75, 3.05) is 33.2 Å². The van der Waals surface area contributed by atoms with Crippen molar-refractivity contribution < 1.29 is 5.11 Å². The highest BCUT2D eigenvalue weighted by Gasteiger charge is 2.25. The number of hydrogen-bond donors (Lipinski definition) is 1. The van der Waals surface area contributed by atoms with E-state index in [0.717, 1.165) is 32.0 Å². The molecule has 2 aliphatic rings. The molecule has 0 radical (unpaired) electrons. The van der Waals surface area contributed by atoms with Crippen LogP contribution in [0.5, 0.6) is 0 Å². The van der Waals surface area contributed by atoms with E-state index in [-0.39, 0.29) is 6.10 Å². The highest BCUT2D eigenvalue weighted by molar-refractivity contribution is 4.82. The molecule has 1 N–H and O–H groups in total. The van der Waals surface area contributed by atoms with E-state index in [9.17, 15) is 5.11 Å². The standard InChI is InChI=1S/C11H22N2O/c1-12-6-2-4-10(12)8-13-7-3-5-11(14)9-13/h10-11,14H,2-9H2,1H3. The van der Waals surface area contributed by atoms with Gasteiger partial charge in [-0.05, 0) is 45.8 Å². The Morgan fingerprint density at radius 1 is 1.21 bits per heavy atom. The van der Waals surface area contributed by atoms with Crippen LogP contribution in [0.1, 0.15) is 25.7 Å². The topological polar surface area (TPSA) is 26.7 Å². The molecule has 0 aromatic rings. The number of aliphatic hydroxyl groups excluding tert-OH is 1. The summed E-state index contributed by atoms with van der Waals surface area (Å²) in [6.45, 7) is 4.49. The van der Waals surface area contributed by atoms with Crippen molar-refractivity contribution in [3.63, 3.8) is 0 Å². The van der Waals surface area contributed by atoms with Crippen molar-refractivity contribution in [2.45, 2.75) is 37.8 Å². The summed E-state index contributed by atoms with van der Waals surface area (Å²) in [6, 6.07) is 0.736. The Morgan fingerprint density at radius 3 is 2.64 bits per heavy atom. The summed E-state index contributed by atoms with van der Waals surface area (Å²) in [5.74, 6) is 0. The van der Waals surface area contributed by atoms with E-state index in [1.807, 2.05) is 0 Å². The molecule has 3 nitrogen and oxygen atoms in total. The lowest BCUT2D eigenvalue weighted by molar-refractivity contribution is 0.0587. The van der Waals surface area contributed by atoms with Gasteiger partial charge in [0, 0.05) is 19.1 Å². The van der Waals surface area contributed by atoms with Crippen LogP contribution in [-0.2, 0) is 0 Å². The van der Waals surface area contributed by atoms with Crippen molar-refractivity contribution in [1.82, 2.24) is 9.80 Å². The van der Waals surface area contributed by atoms with E-state index in [2.05, 4.69) is 16.8 Å². The predicted octanol–water partition coefficient (Wildman–Crippen LogP) is 0.537. The molecule has 2 unspecified atom stereocenters. The quantitative estimate of drug-likeness (QED) is 0.701. The lowest BCUT2D eigenvalue weighted by Crippen LogP contribution is -2.44. The molecule has 14 heavy (non-hydrogen) atoms. The van der Waals surface area contributed by atoms with Crippen LogP contribution >= 0.6 is 0 Å². The maximum Gasteiger partial charge on any atom is 0.0667 e. The van der Waals surface area contributed by atoms with Gasteiger partial charge in [0.1, 0.15) is 0 Å². The Bertz CT molecular complexity index is 186. The third-order valence-electron chi connectivity index (χ3n) is 3.62. The fraction of sp³-hybridized carbons (Fsp3) is 1.00. The van der Waals surface area contributed by atoms with Crippen LogP contribution in [0.2, 0.25) is 0 Å². The summed E-state index contributed by atoms with van der Waals surface area (Å²) in [6.07, 6.45) is 4.77. The second-order valence-electron chi connectivity index (χ2n) is 4.83. The zero-order valence-electron chi connectivity index (χ0n) is 9.15. The summed E-state index contributed by atoms with van der Waals surface area (Å²) < 4.78 is 0. The Balaban J connectivity index is 1.78. The number of aliphatic hydroxyl groups is 1. The van der Waals surface area contributed by atoms with Gasteiger partial charge in [-0.2, -0.15) is 0 Å². The van der Waals surface area contributed by atoms with E-state index < -0.39 is 0 Å². The zero-order chi connectivity index (χ0) is 9.97. The Kier molecular flexibility index (Phi) is 3.42. The molecule has 82 valence electrons. The maximum absolute atomic E-state index is 9.56. The second-order valence-corrected chi connectivity index (χ2v) is 4.83. The largest absolute Gasteiger partial charge is 0.392 e. The third kappa shape index (κ3) is 2.47. The van der Waals surface area contributed by atoms with Crippen molar-refractivity contribution in [3.05, 3.63) is 0 Å². The van der Waals surface area contributed by atoms with Crippen LogP contribution in [-0.4, -0.2) is 60.3 Å². The van der Waals surface area contributed by atoms with Crippen LogP contribution < -0.4 is 0 Å². The van der Waals surface area contributed by atoms with Gasteiger partial charge in [-0.25, -0.2) is 0 Å². The first kappa shape index (κ1) is 10.4. The summed E-state index contributed by atoms with van der Waals surface area (Å²) in [7, 11) is 2.22. The number of rotatable bonds is 2. The molecule has 2 fully saturated rings. The van der Waals surface area contributed by atoms with Crippen molar-refractivity contribution in [3.8, 4) is 0 Å². The first-order valence-electron chi connectivity index (χ1n) is 5.86. The van der Waals surface area contributed by atoms with Crippen LogP contribution in [0.3, 0.4) is 0 Å². The van der Waals surface area contributed by atoms with Gasteiger partial charge < -0.3 is 10.0 Å². The van der Waals surface area contributed by atoms with Gasteiger partial charge in [-0.1, -0.05) is 0 Å². The third-order valence-corrected chi connectivity index (χ3v) is 3.62. The molecule has 0 aromatic heterocycles. The maximum atomic E-state index is 9.56. The van der Waals surface area contributed by atoms with Gasteiger partial charge in [-0.15, -0.1) is 0 Å². The number of nitrogens with zero attached hydrogens (tertiary/aromatic N) is 2. The normalized spacial score (nSPS) is 36.4. The molecule has 0 saturated carbocycles. The lowest BCUT2D eigenvalue weighted by atomic mass is 10.1. The SMILES string of the molecule is CN1CCCC1CN1CCCC(O)C1. The van der Waals surface area contributed by atoms with Crippen LogP contribution in [0.25, 0.3) is 0 Å². The summed E-state index contributed by atoms with van der Waals surface area (Å²) in [4.78, 5) is 4.89. The smallest absolute Gasteiger partial charge is 0.0667 e. The molecule has 2 rings (SSSR count). The molecule has 3 heteroatoms. The van der Waals surface area contributed by atoms with E-state index in [1.165, 1.54) is 25.9 Å². The molecule has 2 heterocycles. The fourth-order valence-electron chi connectivity index (χ4n) is 2.70. The van der Waals surface area contributed by atoms with Crippen LogP contribution in [0, 0.1) is 0 Å². The van der Waals surface area contributed by atoms with Gasteiger partial charge in [0.05, 0.1) is 6.10 Å². The Hall–Kier alpha value is -0.120. The van der Waals surface area contributed by atoms with E-state index in [1.54, 1.807) is 0 Å². The average molecular weight is 198 g/mol. The molecular weight excluding hydrogens is 176 g/mol. The monoisotopic (exact) mass is 198 g/mol. The molecule has 0 spiro atoms. The van der Waals surface area contributed by atoms with E-state index >= 15 is 0 Å². The summed E-state index contributed by atoms with van der Waals surface area (Å²) in [5, 5.41) is 9.56. The predicted molar refractivity (Wildman–Crippen MR) is 57.3 cm³/mol. The van der Waals surface area contributed by atoms with Gasteiger partial charge >= 0.3 is 0 Å². The number of hydrogen-bond acceptors (Lipinski definition) is 3. The van der Waals surface area contributed by atoms with Gasteiger partial charge in [0.15, 0.2) is 0 Å². The highest BCUT2D eigenvalue weighted by atomic mass is 16.3. The first-order chi connectivity index (χ1) is 6.75. The summed E-state index contributed by atoms with van der Waals surface area (Å²) in [5.41, 5.74) is 0. The molecule has 0 amide bonds. The van der Waals surface area contributed by atoms with Gasteiger partial charge in [-0.3, -0.25) is 4.90 Å². The minimum atomic E-state index is -0.0736. The van der Waals surface area contributed by atoms with Crippen LogP contribution in [0.4, 0.5) is 0 Å². The number of likely N-dealkylation sites (tertiary alicyclic amines) is 2. The minimum Gasteiger partial charge on any atom is -0.392 e. The molecule has 0 aliphatic carbocycles. The number of β-amino-alcohol motifs (C(OH)–C–C–N with tert-alkyl or cyclic N) is 1. The molecule has 2 atom stereocenters. The summed E-state index contributed by atoms with van der Waals surface area (Å²) >= 11 is 0. The number of piperidine rings is 1. The van der Waals surface area contributed by atoms with Crippen molar-refractivity contribution in [2.24, 2.45) is 0 Å². The van der Waals surface area contributed by atoms with E-state index in [0.29, 0.717) is 0 Å². The lowest BCUT2D eigenvalue weighted by Gasteiger charge is -2.33. The Labute approximate surface area is 86.7 Å². The molecule has 0 aromatic carbocycles. The Morgan fingerprint density at radius 2 is 2.00 bits per heavy atom. The molecular formula is C11H22N2O. The van der Waals surface area contributed by atoms with Crippen molar-refractivity contribution in [1.29, 1.82) is 0 Å². The average Bonchev–Trinajstić information content (AvgIpc) is 2.52. The zero-order valence-corrected chi connectivity index (χ0v) is 9.15. The van der Waals surface area contributed by atoms with Gasteiger partial charge in [0.2, 0.25) is 0 Å². The molecule has 2 saturated heterocycles. The minimum absolute atomic E-state index is 0.0736. The highest BCUT2D eigenvalue weighted by Crippen LogP contribution is 2.18. The molecule has 0 bridgehead atoms. The fourth-order valence-corrected chi connectivity index (χ4v) is 2.70. The van der Waals surface area contributed by atoms with Gasteiger partial charge in [0.25, 0.3) is 0 Å². The number of likely N-dealkylation sites (N-methyl/N-ethyl adjacent to an activating group) is 1. The van der Waals surface area contributed by atoms with E-state index in [4.69, 9.17) is 0 Å². The first-order valence-corrected chi connectivity index (χ1v) is 5.86. The van der Waals surface area contributed by atoms with Crippen molar-refractivity contribution >= 4 is 0 Å². The second kappa shape index (κ2) is 4.60.